The van der Waals surface area contributed by atoms with Gasteiger partial charge in [-0.05, 0) is 71.6 Å². The monoisotopic (exact) mass is 405 g/mol. The molecule has 0 fully saturated rings. The molecule has 1 aromatic heterocycles. The second-order valence-corrected chi connectivity index (χ2v) is 9.03. The summed E-state index contributed by atoms with van der Waals surface area (Å²) in [4.78, 5) is 31.3. The number of fused-ring (bicyclic) bond motifs is 2. The number of aryl methyl sites for hydroxylation is 1. The Labute approximate surface area is 175 Å². The van der Waals surface area contributed by atoms with Crippen LogP contribution in [0.3, 0.4) is 0 Å². The molecule has 156 valence electrons. The number of carbonyl (C=O) groups excluding carboxylic acids is 1. The Morgan fingerprint density at radius 3 is 2.67 bits per heavy atom. The van der Waals surface area contributed by atoms with Crippen LogP contribution in [0.1, 0.15) is 65.5 Å². The summed E-state index contributed by atoms with van der Waals surface area (Å²) in [6.45, 7) is 7.29. The molecule has 0 bridgehead atoms. The van der Waals surface area contributed by atoms with Crippen molar-refractivity contribution in [1.82, 2.24) is 15.3 Å². The number of hydrogen-bond acceptors (Lipinski definition) is 3. The number of rotatable bonds is 5. The molecule has 30 heavy (non-hydrogen) atoms. The average Bonchev–Trinajstić information content (AvgIpc) is 3.18. The lowest BCUT2D eigenvalue weighted by Crippen LogP contribution is -2.45. The van der Waals surface area contributed by atoms with E-state index in [9.17, 15) is 14.7 Å². The molecular weight excluding hydrogens is 378 g/mol. The van der Waals surface area contributed by atoms with Crippen molar-refractivity contribution < 1.29 is 14.7 Å². The third kappa shape index (κ3) is 3.36. The zero-order valence-electron chi connectivity index (χ0n) is 17.6. The second kappa shape index (κ2) is 7.27. The Bertz CT molecular complexity index is 1130. The number of aromatic carboxylic acids is 1. The van der Waals surface area contributed by atoms with Gasteiger partial charge in [-0.15, -0.1) is 0 Å². The number of nitrogens with one attached hydrogen (secondary N) is 2. The maximum atomic E-state index is 12.7. The summed E-state index contributed by atoms with van der Waals surface area (Å²) in [5, 5.41) is 12.4. The van der Waals surface area contributed by atoms with Gasteiger partial charge < -0.3 is 15.4 Å². The van der Waals surface area contributed by atoms with Gasteiger partial charge in [0.15, 0.2) is 0 Å². The number of nitrogens with zero attached hydrogens (tertiary/aromatic N) is 1. The largest absolute Gasteiger partial charge is 0.478 e. The van der Waals surface area contributed by atoms with Crippen molar-refractivity contribution in [2.75, 3.05) is 6.54 Å². The zero-order chi connectivity index (χ0) is 21.5. The molecule has 4 rings (SSSR count). The third-order valence-corrected chi connectivity index (χ3v) is 7.05. The molecular formula is C24H27N3O3. The predicted molar refractivity (Wildman–Crippen MR) is 116 cm³/mol. The van der Waals surface area contributed by atoms with Crippen molar-refractivity contribution in [2.45, 2.75) is 45.4 Å². The fourth-order valence-electron chi connectivity index (χ4n) is 4.64. The molecule has 0 spiro atoms. The minimum absolute atomic E-state index is 0.0320. The van der Waals surface area contributed by atoms with Gasteiger partial charge in [0, 0.05) is 12.1 Å². The molecule has 0 saturated heterocycles. The molecule has 1 unspecified atom stereocenters. The summed E-state index contributed by atoms with van der Waals surface area (Å²) in [6.07, 6.45) is 4.24. The van der Waals surface area contributed by atoms with Gasteiger partial charge in [-0.2, -0.15) is 0 Å². The number of benzene rings is 2. The lowest BCUT2D eigenvalue weighted by molar-refractivity contribution is 0.0695. The molecule has 3 aromatic rings. The molecule has 0 aliphatic heterocycles. The highest BCUT2D eigenvalue weighted by Gasteiger charge is 2.45. The Morgan fingerprint density at radius 2 is 1.90 bits per heavy atom. The van der Waals surface area contributed by atoms with Gasteiger partial charge in [0.2, 0.25) is 0 Å². The lowest BCUT2D eigenvalue weighted by atomic mass is 9.55. The molecule has 1 aliphatic carbocycles. The summed E-state index contributed by atoms with van der Waals surface area (Å²) in [5.74, 6) is -1.00. The van der Waals surface area contributed by atoms with Crippen LogP contribution in [0.25, 0.3) is 11.0 Å². The summed E-state index contributed by atoms with van der Waals surface area (Å²) in [6, 6.07) is 10.9. The van der Waals surface area contributed by atoms with Crippen LogP contribution in [0.4, 0.5) is 0 Å². The SMILES string of the molecule is CC1(C)CCc2cc(C(=O)O)ccc2C1(C)CCNC(=O)c1ccc2nc[nH]c2c1. The summed E-state index contributed by atoms with van der Waals surface area (Å²) >= 11 is 0. The van der Waals surface area contributed by atoms with Crippen molar-refractivity contribution in [3.63, 3.8) is 0 Å². The zero-order valence-corrected chi connectivity index (χ0v) is 17.6. The number of amides is 1. The fourth-order valence-corrected chi connectivity index (χ4v) is 4.64. The normalized spacial score (nSPS) is 20.0. The molecule has 0 radical (unpaired) electrons. The molecule has 3 N–H and O–H groups in total. The minimum atomic E-state index is -0.897. The van der Waals surface area contributed by atoms with E-state index in [1.165, 1.54) is 5.56 Å². The first-order chi connectivity index (χ1) is 14.2. The third-order valence-electron chi connectivity index (χ3n) is 7.05. The molecule has 2 aromatic carbocycles. The fraction of sp³-hybridized carbons (Fsp3) is 0.375. The Hall–Kier alpha value is -3.15. The Balaban J connectivity index is 1.52. The molecule has 6 nitrogen and oxygen atoms in total. The standard InChI is InChI=1S/C24H27N3O3/c1-23(2)9-8-15-12-17(22(29)30)4-6-18(15)24(23,3)10-11-25-21(28)16-5-7-19-20(13-16)27-14-26-19/h4-7,12-14H,8-11H2,1-3H3,(H,25,28)(H,26,27)(H,29,30). The van der Waals surface area contributed by atoms with Crippen LogP contribution in [-0.4, -0.2) is 33.5 Å². The Kier molecular flexibility index (Phi) is 4.88. The summed E-state index contributed by atoms with van der Waals surface area (Å²) in [7, 11) is 0. The number of carboxylic acids is 1. The smallest absolute Gasteiger partial charge is 0.335 e. The van der Waals surface area contributed by atoms with Crippen molar-refractivity contribution in [3.8, 4) is 0 Å². The second-order valence-electron chi connectivity index (χ2n) is 9.03. The first kappa shape index (κ1) is 20.1. The predicted octanol–water partition coefficient (Wildman–Crippen LogP) is 4.31. The average molecular weight is 405 g/mol. The number of hydrogen-bond donors (Lipinski definition) is 3. The van der Waals surface area contributed by atoms with Crippen LogP contribution in [0.5, 0.6) is 0 Å². The van der Waals surface area contributed by atoms with Gasteiger partial charge in [-0.1, -0.05) is 26.8 Å². The number of imidazole rings is 1. The summed E-state index contributed by atoms with van der Waals surface area (Å²) in [5.41, 5.74) is 4.77. The van der Waals surface area contributed by atoms with Crippen molar-refractivity contribution in [1.29, 1.82) is 0 Å². The van der Waals surface area contributed by atoms with Crippen molar-refractivity contribution in [3.05, 3.63) is 65.0 Å². The van der Waals surface area contributed by atoms with Crippen molar-refractivity contribution in [2.24, 2.45) is 5.41 Å². The number of aromatic amines is 1. The first-order valence-electron chi connectivity index (χ1n) is 10.3. The van der Waals surface area contributed by atoms with E-state index in [4.69, 9.17) is 0 Å². The van der Waals surface area contributed by atoms with Gasteiger partial charge in [0.05, 0.1) is 22.9 Å². The first-order valence-corrected chi connectivity index (χ1v) is 10.3. The van der Waals surface area contributed by atoms with Crippen molar-refractivity contribution >= 4 is 22.9 Å². The van der Waals surface area contributed by atoms with Gasteiger partial charge >= 0.3 is 5.97 Å². The Morgan fingerprint density at radius 1 is 1.13 bits per heavy atom. The molecule has 1 aliphatic rings. The topological polar surface area (TPSA) is 95.1 Å². The number of aromatic nitrogens is 2. The lowest BCUT2D eigenvalue weighted by Gasteiger charge is -2.49. The number of H-pyrrole nitrogens is 1. The highest BCUT2D eigenvalue weighted by molar-refractivity contribution is 5.97. The van der Waals surface area contributed by atoms with Gasteiger partial charge in [-0.25, -0.2) is 9.78 Å². The van der Waals surface area contributed by atoms with Crippen LogP contribution in [0.2, 0.25) is 0 Å². The van der Waals surface area contributed by atoms with Crippen LogP contribution < -0.4 is 5.32 Å². The van der Waals surface area contributed by atoms with E-state index in [0.29, 0.717) is 17.7 Å². The van der Waals surface area contributed by atoms with E-state index >= 15 is 0 Å². The van der Waals surface area contributed by atoms with Crippen LogP contribution >= 0.6 is 0 Å². The maximum Gasteiger partial charge on any atom is 0.335 e. The van der Waals surface area contributed by atoms with Gasteiger partial charge in [0.1, 0.15) is 0 Å². The van der Waals surface area contributed by atoms with E-state index in [2.05, 4.69) is 36.1 Å². The molecule has 6 heteroatoms. The molecule has 1 heterocycles. The minimum Gasteiger partial charge on any atom is -0.478 e. The molecule has 1 atom stereocenters. The highest BCUT2D eigenvalue weighted by Crippen LogP contribution is 2.51. The maximum absolute atomic E-state index is 12.7. The van der Waals surface area contributed by atoms with Gasteiger partial charge in [-0.3, -0.25) is 4.79 Å². The van der Waals surface area contributed by atoms with E-state index in [1.807, 2.05) is 24.3 Å². The molecule has 0 saturated carbocycles. The molecule has 1 amide bonds. The van der Waals surface area contributed by atoms with Crippen LogP contribution in [0, 0.1) is 5.41 Å². The summed E-state index contributed by atoms with van der Waals surface area (Å²) < 4.78 is 0. The van der Waals surface area contributed by atoms with E-state index in [0.717, 1.165) is 35.9 Å². The van der Waals surface area contributed by atoms with E-state index < -0.39 is 5.97 Å². The quantitative estimate of drug-likeness (QED) is 0.589. The highest BCUT2D eigenvalue weighted by atomic mass is 16.4. The number of carboxylic acid groups (broad SMARTS) is 1. The number of carbonyl (C=O) groups is 2. The van der Waals surface area contributed by atoms with E-state index in [1.54, 1.807) is 18.5 Å². The van der Waals surface area contributed by atoms with Gasteiger partial charge in [0.25, 0.3) is 5.91 Å². The van der Waals surface area contributed by atoms with Crippen LogP contribution in [-0.2, 0) is 11.8 Å². The van der Waals surface area contributed by atoms with Crippen LogP contribution in [0.15, 0.2) is 42.7 Å². The van der Waals surface area contributed by atoms with E-state index in [-0.39, 0.29) is 16.7 Å².